The molecule has 1 aromatic rings. The molecule has 0 radical (unpaired) electrons. The predicted octanol–water partition coefficient (Wildman–Crippen LogP) is 1.37. The van der Waals surface area contributed by atoms with E-state index in [1.54, 1.807) is 0 Å². The summed E-state index contributed by atoms with van der Waals surface area (Å²) in [4.78, 5) is 17.3. The Labute approximate surface area is 155 Å². The Hall–Kier alpha value is -1.72. The number of likely N-dealkylation sites (tertiary alicyclic amines) is 1. The van der Waals surface area contributed by atoms with E-state index in [1.807, 2.05) is 0 Å². The molecule has 1 unspecified atom stereocenters. The van der Waals surface area contributed by atoms with Gasteiger partial charge in [-0.05, 0) is 25.0 Å². The van der Waals surface area contributed by atoms with Crippen molar-refractivity contribution in [2.45, 2.75) is 24.3 Å². The smallest absolute Gasteiger partial charge is 0.379 e. The van der Waals surface area contributed by atoms with Gasteiger partial charge in [0.15, 0.2) is 0 Å². The van der Waals surface area contributed by atoms with Crippen LogP contribution in [0.4, 0.5) is 13.2 Å². The van der Waals surface area contributed by atoms with Crippen LogP contribution in [0.25, 0.3) is 0 Å². The molecule has 11 heteroatoms. The maximum absolute atomic E-state index is 12.8. The molecule has 2 aliphatic heterocycles. The number of hydrogen-bond acceptors (Lipinski definition) is 5. The molecule has 0 saturated carbocycles. The maximum atomic E-state index is 12.8. The van der Waals surface area contributed by atoms with Crippen LogP contribution in [0.1, 0.15) is 28.9 Å². The molecule has 1 aromatic heterocycles. The van der Waals surface area contributed by atoms with Gasteiger partial charge in [-0.2, -0.15) is 17.5 Å². The van der Waals surface area contributed by atoms with E-state index < -0.39 is 33.1 Å². The fourth-order valence-electron chi connectivity index (χ4n) is 3.25. The highest BCUT2D eigenvalue weighted by Gasteiger charge is 2.38. The van der Waals surface area contributed by atoms with E-state index in [1.165, 1.54) is 9.21 Å². The summed E-state index contributed by atoms with van der Waals surface area (Å²) in [6.45, 7) is 1.62. The number of nitrogens with zero attached hydrogens (tertiary/aromatic N) is 3. The van der Waals surface area contributed by atoms with Crippen molar-refractivity contribution in [1.82, 2.24) is 14.2 Å². The number of morpholine rings is 1. The van der Waals surface area contributed by atoms with E-state index >= 15 is 0 Å². The highest BCUT2D eigenvalue weighted by Crippen LogP contribution is 2.28. The first-order chi connectivity index (χ1) is 12.7. The highest BCUT2D eigenvalue weighted by atomic mass is 32.2. The zero-order chi connectivity index (χ0) is 19.7. The summed E-state index contributed by atoms with van der Waals surface area (Å²) >= 11 is 0. The lowest BCUT2D eigenvalue weighted by Gasteiger charge is -2.36. The molecular weight excluding hydrogens is 387 g/mol. The highest BCUT2D eigenvalue weighted by molar-refractivity contribution is 7.89. The molecule has 27 heavy (non-hydrogen) atoms. The Morgan fingerprint density at radius 2 is 1.89 bits per heavy atom. The molecule has 7 nitrogen and oxygen atoms in total. The zero-order valence-electron chi connectivity index (χ0n) is 14.5. The minimum atomic E-state index is -4.58. The lowest BCUT2D eigenvalue weighted by Crippen LogP contribution is -2.51. The van der Waals surface area contributed by atoms with Gasteiger partial charge >= 0.3 is 6.18 Å². The van der Waals surface area contributed by atoms with Crippen LogP contribution in [0.15, 0.2) is 18.3 Å². The zero-order valence-corrected chi connectivity index (χ0v) is 15.3. The van der Waals surface area contributed by atoms with Crippen molar-refractivity contribution in [3.05, 3.63) is 29.6 Å². The van der Waals surface area contributed by atoms with Crippen LogP contribution < -0.4 is 0 Å². The summed E-state index contributed by atoms with van der Waals surface area (Å²) in [5, 5.41) is -0.726. The normalized spacial score (nSPS) is 22.6. The fourth-order valence-corrected chi connectivity index (χ4v) is 5.16. The summed E-state index contributed by atoms with van der Waals surface area (Å²) in [6.07, 6.45) is -2.75. The first kappa shape index (κ1) is 20.0. The first-order valence-electron chi connectivity index (χ1n) is 8.59. The van der Waals surface area contributed by atoms with Crippen LogP contribution in [-0.4, -0.2) is 73.2 Å². The third kappa shape index (κ3) is 4.41. The van der Waals surface area contributed by atoms with Gasteiger partial charge in [-0.15, -0.1) is 0 Å². The van der Waals surface area contributed by atoms with Crippen LogP contribution in [-0.2, 0) is 20.9 Å². The lowest BCUT2D eigenvalue weighted by atomic mass is 10.1. The van der Waals surface area contributed by atoms with E-state index in [2.05, 4.69) is 4.98 Å². The summed E-state index contributed by atoms with van der Waals surface area (Å²) in [5.74, 6) is -0.516. The number of aromatic nitrogens is 1. The molecule has 150 valence electrons. The number of carbonyl (C=O) groups excluding carboxylic acids is 1. The predicted molar refractivity (Wildman–Crippen MR) is 89.5 cm³/mol. The van der Waals surface area contributed by atoms with Gasteiger partial charge < -0.3 is 9.64 Å². The average Bonchev–Trinajstić information content (AvgIpc) is 2.67. The fraction of sp³-hybridized carbons (Fsp3) is 0.625. The summed E-state index contributed by atoms with van der Waals surface area (Å²) in [6, 6.07) is 1.82. The van der Waals surface area contributed by atoms with Crippen molar-refractivity contribution in [3.8, 4) is 0 Å². The largest absolute Gasteiger partial charge is 0.433 e. The number of alkyl halides is 3. The summed E-state index contributed by atoms with van der Waals surface area (Å²) in [5.41, 5.74) is -1.07. The number of ether oxygens (including phenoxy) is 1. The van der Waals surface area contributed by atoms with Crippen LogP contribution in [0.5, 0.6) is 0 Å². The molecule has 1 atom stereocenters. The van der Waals surface area contributed by atoms with E-state index in [0.29, 0.717) is 32.6 Å². The third-order valence-corrected chi connectivity index (χ3v) is 7.03. The Kier molecular flexibility index (Phi) is 5.73. The number of hydrogen-bond donors (Lipinski definition) is 0. The molecular formula is C16H20F3N3O4S. The van der Waals surface area contributed by atoms with Gasteiger partial charge in [-0.25, -0.2) is 8.42 Å². The second-order valence-electron chi connectivity index (χ2n) is 6.50. The minimum Gasteiger partial charge on any atom is -0.379 e. The Morgan fingerprint density at radius 3 is 2.48 bits per heavy atom. The lowest BCUT2D eigenvalue weighted by molar-refractivity contribution is -0.141. The molecule has 3 heterocycles. The monoisotopic (exact) mass is 407 g/mol. The topological polar surface area (TPSA) is 79.8 Å². The molecule has 0 aliphatic carbocycles. The molecule has 2 aliphatic rings. The number of pyridine rings is 1. The number of amides is 1. The van der Waals surface area contributed by atoms with Crippen LogP contribution in [0, 0.1) is 0 Å². The SMILES string of the molecule is O=C(c1ccc(C(F)(F)F)nc1)N1CCCC(S(=O)(=O)N2CCOCC2)C1. The number of halogens is 3. The third-order valence-electron chi connectivity index (χ3n) is 4.72. The number of piperidine rings is 1. The molecule has 2 saturated heterocycles. The average molecular weight is 407 g/mol. The van der Waals surface area contributed by atoms with E-state index in [-0.39, 0.29) is 25.2 Å². The standard InChI is InChI=1S/C16H20F3N3O4S/c17-16(18,19)14-4-3-12(10-20-14)15(23)21-5-1-2-13(11-21)27(24,25)22-6-8-26-9-7-22/h3-4,10,13H,1-2,5-9,11H2. The summed E-state index contributed by atoms with van der Waals surface area (Å²) < 4.78 is 69.9. The van der Waals surface area contributed by atoms with Gasteiger partial charge in [0, 0.05) is 32.4 Å². The Bertz CT molecular complexity index is 777. The van der Waals surface area contributed by atoms with Gasteiger partial charge in [0.05, 0.1) is 24.0 Å². The van der Waals surface area contributed by atoms with Crippen molar-refractivity contribution in [2.75, 3.05) is 39.4 Å². The van der Waals surface area contributed by atoms with Crippen molar-refractivity contribution in [2.24, 2.45) is 0 Å². The van der Waals surface area contributed by atoms with Crippen molar-refractivity contribution in [1.29, 1.82) is 0 Å². The maximum Gasteiger partial charge on any atom is 0.433 e. The quantitative estimate of drug-likeness (QED) is 0.756. The minimum absolute atomic E-state index is 0.00687. The van der Waals surface area contributed by atoms with Crippen molar-refractivity contribution < 1.29 is 31.1 Å². The number of rotatable bonds is 3. The number of sulfonamides is 1. The van der Waals surface area contributed by atoms with Crippen LogP contribution in [0.3, 0.4) is 0 Å². The van der Waals surface area contributed by atoms with Crippen molar-refractivity contribution >= 4 is 15.9 Å². The van der Waals surface area contributed by atoms with Gasteiger partial charge in [0.25, 0.3) is 5.91 Å². The summed E-state index contributed by atoms with van der Waals surface area (Å²) in [7, 11) is -3.56. The van der Waals surface area contributed by atoms with Crippen molar-refractivity contribution in [3.63, 3.8) is 0 Å². The number of carbonyl (C=O) groups is 1. The molecule has 3 rings (SSSR count). The molecule has 2 fully saturated rings. The van der Waals surface area contributed by atoms with E-state index in [0.717, 1.165) is 18.3 Å². The molecule has 0 N–H and O–H groups in total. The molecule has 0 bridgehead atoms. The van der Waals surface area contributed by atoms with E-state index in [9.17, 15) is 26.4 Å². The molecule has 0 aromatic carbocycles. The van der Waals surface area contributed by atoms with Gasteiger partial charge in [-0.1, -0.05) is 0 Å². The van der Waals surface area contributed by atoms with Gasteiger partial charge in [-0.3, -0.25) is 9.78 Å². The van der Waals surface area contributed by atoms with Crippen LogP contribution in [0.2, 0.25) is 0 Å². The van der Waals surface area contributed by atoms with E-state index in [4.69, 9.17) is 4.74 Å². The Morgan fingerprint density at radius 1 is 1.19 bits per heavy atom. The second kappa shape index (κ2) is 7.72. The van der Waals surface area contributed by atoms with Gasteiger partial charge in [0.1, 0.15) is 5.69 Å². The van der Waals surface area contributed by atoms with Gasteiger partial charge in [0.2, 0.25) is 10.0 Å². The van der Waals surface area contributed by atoms with Crippen LogP contribution >= 0.6 is 0 Å². The Balaban J connectivity index is 1.71. The second-order valence-corrected chi connectivity index (χ2v) is 8.71. The molecule has 1 amide bonds. The molecule has 0 spiro atoms. The first-order valence-corrected chi connectivity index (χ1v) is 10.1.